The van der Waals surface area contributed by atoms with E-state index < -0.39 is 5.97 Å². The van der Waals surface area contributed by atoms with Crippen molar-refractivity contribution in [1.29, 1.82) is 0 Å². The van der Waals surface area contributed by atoms with Gasteiger partial charge in [0.2, 0.25) is 5.78 Å². The number of rotatable bonds is 6. The van der Waals surface area contributed by atoms with Gasteiger partial charge in [-0.15, -0.1) is 0 Å². The fraction of sp³-hybridized carbons (Fsp3) is 0.143. The van der Waals surface area contributed by atoms with Crippen molar-refractivity contribution in [1.82, 2.24) is 4.57 Å². The minimum Gasteiger partial charge on any atom is -0.497 e. The third kappa shape index (κ3) is 4.12. The van der Waals surface area contributed by atoms with Crippen molar-refractivity contribution in [2.45, 2.75) is 13.5 Å². The predicted molar refractivity (Wildman–Crippen MR) is 131 cm³/mol. The molecule has 176 valence electrons. The van der Waals surface area contributed by atoms with Crippen LogP contribution in [0, 0.1) is 0 Å². The maximum absolute atomic E-state index is 13.0. The number of allylic oxidation sites excluding steroid dienone is 1. The monoisotopic (exact) mass is 469 g/mol. The van der Waals surface area contributed by atoms with Crippen LogP contribution in [0.25, 0.3) is 17.0 Å². The van der Waals surface area contributed by atoms with Crippen LogP contribution in [0.15, 0.2) is 72.6 Å². The highest BCUT2D eigenvalue weighted by Gasteiger charge is 2.28. The van der Waals surface area contributed by atoms with E-state index in [4.69, 9.17) is 18.9 Å². The Morgan fingerprint density at radius 2 is 1.66 bits per heavy atom. The lowest BCUT2D eigenvalue weighted by molar-refractivity contribution is 0.0734. The molecular formula is C28H23NO6. The lowest BCUT2D eigenvalue weighted by Gasteiger charge is -2.06. The van der Waals surface area contributed by atoms with Crippen molar-refractivity contribution >= 4 is 28.7 Å². The molecule has 0 saturated heterocycles. The molecule has 7 heteroatoms. The highest BCUT2D eigenvalue weighted by Crippen LogP contribution is 2.36. The van der Waals surface area contributed by atoms with E-state index in [1.54, 1.807) is 62.8 Å². The second kappa shape index (κ2) is 9.02. The lowest BCUT2D eigenvalue weighted by atomic mass is 10.1. The van der Waals surface area contributed by atoms with E-state index in [-0.39, 0.29) is 17.3 Å². The van der Waals surface area contributed by atoms with Gasteiger partial charge < -0.3 is 23.5 Å². The highest BCUT2D eigenvalue weighted by molar-refractivity contribution is 6.15. The van der Waals surface area contributed by atoms with E-state index in [2.05, 4.69) is 11.5 Å². The van der Waals surface area contributed by atoms with Gasteiger partial charge in [0.25, 0.3) is 0 Å². The fourth-order valence-electron chi connectivity index (χ4n) is 4.07. The zero-order chi connectivity index (χ0) is 24.5. The molecule has 0 spiro atoms. The largest absolute Gasteiger partial charge is 0.497 e. The van der Waals surface area contributed by atoms with Crippen molar-refractivity contribution in [2.24, 2.45) is 0 Å². The molecule has 1 aliphatic rings. The number of aryl methyl sites for hydroxylation is 1. The van der Waals surface area contributed by atoms with Gasteiger partial charge in [-0.05, 0) is 67.6 Å². The zero-order valence-electron chi connectivity index (χ0n) is 19.5. The van der Waals surface area contributed by atoms with Gasteiger partial charge in [-0.25, -0.2) is 4.79 Å². The molecule has 0 fully saturated rings. The Morgan fingerprint density at radius 1 is 0.943 bits per heavy atom. The number of ketones is 1. The van der Waals surface area contributed by atoms with Gasteiger partial charge in [0.15, 0.2) is 5.76 Å². The zero-order valence-corrected chi connectivity index (χ0v) is 19.5. The number of esters is 1. The molecule has 0 amide bonds. The summed E-state index contributed by atoms with van der Waals surface area (Å²) in [4.78, 5) is 25.5. The Morgan fingerprint density at radius 3 is 2.37 bits per heavy atom. The van der Waals surface area contributed by atoms with Gasteiger partial charge in [0.05, 0.1) is 25.3 Å². The maximum atomic E-state index is 13.0. The van der Waals surface area contributed by atoms with E-state index in [1.807, 2.05) is 24.4 Å². The number of carbonyl (C=O) groups excluding carboxylic acids is 2. The number of fused-ring (bicyclic) bond motifs is 2. The summed E-state index contributed by atoms with van der Waals surface area (Å²) in [6.07, 6.45) is 3.72. The van der Waals surface area contributed by atoms with Crippen molar-refractivity contribution in [3.8, 4) is 23.0 Å². The number of hydrogen-bond acceptors (Lipinski definition) is 6. The Bertz CT molecular complexity index is 1480. The van der Waals surface area contributed by atoms with Gasteiger partial charge in [-0.1, -0.05) is 0 Å². The third-order valence-corrected chi connectivity index (χ3v) is 5.92. The van der Waals surface area contributed by atoms with Crippen molar-refractivity contribution < 1.29 is 28.5 Å². The first-order chi connectivity index (χ1) is 17.0. The summed E-state index contributed by atoms with van der Waals surface area (Å²) in [6, 6.07) is 17.2. The molecule has 7 nitrogen and oxygen atoms in total. The molecule has 0 bridgehead atoms. The first-order valence-corrected chi connectivity index (χ1v) is 11.1. The van der Waals surface area contributed by atoms with Crippen LogP contribution >= 0.6 is 0 Å². The lowest BCUT2D eigenvalue weighted by Crippen LogP contribution is -2.08. The number of aromatic nitrogens is 1. The van der Waals surface area contributed by atoms with Crippen LogP contribution in [0.1, 0.15) is 33.2 Å². The van der Waals surface area contributed by atoms with Crippen molar-refractivity contribution in [2.75, 3.05) is 14.2 Å². The van der Waals surface area contributed by atoms with Gasteiger partial charge in [-0.3, -0.25) is 4.79 Å². The number of benzene rings is 3. The molecule has 0 atom stereocenters. The molecule has 0 aliphatic carbocycles. The second-order valence-corrected chi connectivity index (χ2v) is 7.97. The molecule has 0 radical (unpaired) electrons. The predicted octanol–water partition coefficient (Wildman–Crippen LogP) is 5.51. The standard InChI is InChI=1S/C28H23NO6/c1-4-29-16-18(23-14-20(33-3)10-12-24(23)29)13-26-27(30)22-11-9-21(15-25(22)35-26)34-28(31)17-5-7-19(32-2)8-6-17/h5-16H,4H2,1-3H3. The van der Waals surface area contributed by atoms with E-state index in [1.165, 1.54) is 0 Å². The van der Waals surface area contributed by atoms with E-state index in [0.29, 0.717) is 22.6 Å². The van der Waals surface area contributed by atoms with Crippen molar-refractivity contribution in [3.63, 3.8) is 0 Å². The van der Waals surface area contributed by atoms with Crippen molar-refractivity contribution in [3.05, 3.63) is 89.3 Å². The van der Waals surface area contributed by atoms with Crippen LogP contribution in [-0.2, 0) is 6.54 Å². The summed E-state index contributed by atoms with van der Waals surface area (Å²) in [7, 11) is 3.18. The highest BCUT2D eigenvalue weighted by atomic mass is 16.5. The summed E-state index contributed by atoms with van der Waals surface area (Å²) in [5.74, 6) is 1.46. The summed E-state index contributed by atoms with van der Waals surface area (Å²) in [6.45, 7) is 2.84. The Kier molecular flexibility index (Phi) is 5.74. The van der Waals surface area contributed by atoms with Gasteiger partial charge in [0.1, 0.15) is 23.0 Å². The molecule has 1 aliphatic heterocycles. The quantitative estimate of drug-likeness (QED) is 0.210. The number of Topliss-reactive ketones (excluding diaryl/α,β-unsaturated/α-hetero) is 1. The minimum atomic E-state index is -0.519. The maximum Gasteiger partial charge on any atom is 0.343 e. The van der Waals surface area contributed by atoms with Gasteiger partial charge >= 0.3 is 5.97 Å². The molecule has 5 rings (SSSR count). The van der Waals surface area contributed by atoms with E-state index in [9.17, 15) is 9.59 Å². The van der Waals surface area contributed by atoms with Crippen LogP contribution in [0.3, 0.4) is 0 Å². The molecular weight excluding hydrogens is 446 g/mol. The van der Waals surface area contributed by atoms with E-state index in [0.717, 1.165) is 28.8 Å². The Balaban J connectivity index is 1.41. The number of carbonyl (C=O) groups is 2. The topological polar surface area (TPSA) is 76.0 Å². The van der Waals surface area contributed by atoms with Crippen LogP contribution in [-0.4, -0.2) is 30.5 Å². The molecule has 0 unspecified atom stereocenters. The summed E-state index contributed by atoms with van der Waals surface area (Å²) in [5, 5.41) is 0.958. The number of nitrogens with zero attached hydrogens (tertiary/aromatic N) is 1. The van der Waals surface area contributed by atoms with Gasteiger partial charge in [-0.2, -0.15) is 0 Å². The average molecular weight is 469 g/mol. The molecule has 3 aromatic carbocycles. The SMILES string of the molecule is CCn1cc(C=C2Oc3cc(OC(=O)c4ccc(OC)cc4)ccc3C2=O)c2cc(OC)ccc21. The molecule has 1 aromatic heterocycles. The molecule has 0 saturated carbocycles. The van der Waals surface area contributed by atoms with Gasteiger partial charge in [0, 0.05) is 35.3 Å². The summed E-state index contributed by atoms with van der Waals surface area (Å²) in [5.41, 5.74) is 2.68. The first-order valence-electron chi connectivity index (χ1n) is 11.1. The smallest absolute Gasteiger partial charge is 0.343 e. The third-order valence-electron chi connectivity index (χ3n) is 5.92. The number of hydrogen-bond donors (Lipinski definition) is 0. The second-order valence-electron chi connectivity index (χ2n) is 7.97. The Labute approximate surface area is 202 Å². The summed E-state index contributed by atoms with van der Waals surface area (Å²) >= 11 is 0. The van der Waals surface area contributed by atoms with Crippen LogP contribution in [0.5, 0.6) is 23.0 Å². The fourth-order valence-corrected chi connectivity index (χ4v) is 4.07. The molecule has 0 N–H and O–H groups in total. The Hall–Kier alpha value is -4.52. The number of ether oxygens (including phenoxy) is 4. The molecule has 35 heavy (non-hydrogen) atoms. The van der Waals surface area contributed by atoms with E-state index >= 15 is 0 Å². The first kappa shape index (κ1) is 22.3. The molecule has 4 aromatic rings. The minimum absolute atomic E-state index is 0.205. The average Bonchev–Trinajstić information content (AvgIpc) is 3.40. The normalized spacial score (nSPS) is 13.6. The van der Waals surface area contributed by atoms with Crippen LogP contribution in [0.4, 0.5) is 0 Å². The number of methoxy groups -OCH3 is 2. The summed E-state index contributed by atoms with van der Waals surface area (Å²) < 4.78 is 24.0. The van der Waals surface area contributed by atoms with Crippen LogP contribution < -0.4 is 18.9 Å². The van der Waals surface area contributed by atoms with Crippen LogP contribution in [0.2, 0.25) is 0 Å². The molecule has 2 heterocycles.